The van der Waals surface area contributed by atoms with Crippen LogP contribution in [0.3, 0.4) is 0 Å². The summed E-state index contributed by atoms with van der Waals surface area (Å²) in [5.74, 6) is 0. The van der Waals surface area contributed by atoms with E-state index in [4.69, 9.17) is 4.74 Å². The van der Waals surface area contributed by atoms with E-state index in [0.29, 0.717) is 5.65 Å². The van der Waals surface area contributed by atoms with Crippen LogP contribution in [0.15, 0.2) is 33.7 Å². The van der Waals surface area contributed by atoms with Gasteiger partial charge in [-0.05, 0) is 41.9 Å². The number of hydrogen-bond acceptors (Lipinski definition) is 3. The Bertz CT molecular complexity index is 706. The van der Waals surface area contributed by atoms with Gasteiger partial charge in [0, 0.05) is 16.7 Å². The molecule has 1 unspecified atom stereocenters. The van der Waals surface area contributed by atoms with Gasteiger partial charge in [-0.2, -0.15) is 0 Å². The highest BCUT2D eigenvalue weighted by Gasteiger charge is 2.26. The fourth-order valence-electron chi connectivity index (χ4n) is 3.01. The number of rotatable bonds is 2. The van der Waals surface area contributed by atoms with E-state index >= 15 is 0 Å². The zero-order chi connectivity index (χ0) is 15.0. The highest BCUT2D eigenvalue weighted by Crippen LogP contribution is 2.09. The van der Waals surface area contributed by atoms with Crippen molar-refractivity contribution >= 4 is 21.6 Å². The molecule has 3 atom stereocenters. The van der Waals surface area contributed by atoms with Gasteiger partial charge in [0.05, 0.1) is 0 Å². The molecule has 0 spiro atoms. The third-order valence-corrected chi connectivity index (χ3v) is 4.19. The summed E-state index contributed by atoms with van der Waals surface area (Å²) in [6, 6.07) is 5.39. The van der Waals surface area contributed by atoms with E-state index in [1.54, 1.807) is 16.7 Å². The molecule has 0 aromatic carbocycles. The van der Waals surface area contributed by atoms with E-state index in [2.05, 4.69) is 34.8 Å². The van der Waals surface area contributed by atoms with Crippen LogP contribution in [-0.4, -0.2) is 34.7 Å². The van der Waals surface area contributed by atoms with Crippen LogP contribution in [0.5, 0.6) is 0 Å². The van der Waals surface area contributed by atoms with Crippen LogP contribution in [0, 0.1) is 0 Å². The molecule has 112 valence electrons. The highest BCUT2D eigenvalue weighted by atomic mass is 79.9. The molecule has 6 heteroatoms. The number of hydrogen-bond donors (Lipinski definition) is 1. The largest absolute Gasteiger partial charge is 0.364 e. The average Bonchev–Trinajstić information content (AvgIpc) is 2.38. The standard InChI is InChI=1S/C15H18BrN3O2/c1-10-6-18(7-11(2)21-10)9-13-5-15(20)19-8-12(16)3-4-14(19)17-13/h3-5,8,10-11H,6-7,9H2,1-2H3/p+1/t10-,11+. The van der Waals surface area contributed by atoms with Crippen molar-refractivity contribution in [2.75, 3.05) is 13.1 Å². The molecular weight excluding hydrogens is 334 g/mol. The van der Waals surface area contributed by atoms with Gasteiger partial charge in [-0.1, -0.05) is 0 Å². The normalized spacial score (nSPS) is 26.1. The molecule has 21 heavy (non-hydrogen) atoms. The molecule has 0 saturated carbocycles. The molecule has 0 amide bonds. The van der Waals surface area contributed by atoms with Crippen LogP contribution >= 0.6 is 15.9 Å². The lowest BCUT2D eigenvalue weighted by molar-refractivity contribution is -0.928. The predicted octanol–water partition coefficient (Wildman–Crippen LogP) is 0.649. The second-order valence-electron chi connectivity index (χ2n) is 5.75. The number of pyridine rings is 1. The van der Waals surface area contributed by atoms with Crippen molar-refractivity contribution in [1.82, 2.24) is 9.38 Å². The van der Waals surface area contributed by atoms with Gasteiger partial charge in [-0.15, -0.1) is 0 Å². The molecule has 1 fully saturated rings. The Hall–Kier alpha value is -1.24. The van der Waals surface area contributed by atoms with Crippen molar-refractivity contribution in [3.63, 3.8) is 0 Å². The Kier molecular flexibility index (Phi) is 4.10. The van der Waals surface area contributed by atoms with Crippen LogP contribution in [-0.2, 0) is 11.3 Å². The predicted molar refractivity (Wildman–Crippen MR) is 83.6 cm³/mol. The molecule has 0 radical (unpaired) electrons. The first-order chi connectivity index (χ1) is 10.0. The molecular formula is C15H19BrN3O2+. The van der Waals surface area contributed by atoms with Gasteiger partial charge in [0.15, 0.2) is 0 Å². The summed E-state index contributed by atoms with van der Waals surface area (Å²) in [5.41, 5.74) is 1.50. The molecule has 1 N–H and O–H groups in total. The molecule has 3 heterocycles. The first kappa shape index (κ1) is 14.7. The van der Waals surface area contributed by atoms with Crippen LogP contribution in [0.2, 0.25) is 0 Å². The van der Waals surface area contributed by atoms with Gasteiger partial charge >= 0.3 is 0 Å². The molecule has 0 bridgehead atoms. The van der Waals surface area contributed by atoms with Crippen LogP contribution in [0.25, 0.3) is 5.65 Å². The number of quaternary nitrogens is 1. The number of morpholine rings is 1. The zero-order valence-corrected chi connectivity index (χ0v) is 13.8. The van der Waals surface area contributed by atoms with Crippen molar-refractivity contribution < 1.29 is 9.64 Å². The van der Waals surface area contributed by atoms with Crippen molar-refractivity contribution in [2.24, 2.45) is 0 Å². The molecule has 5 nitrogen and oxygen atoms in total. The lowest BCUT2D eigenvalue weighted by Gasteiger charge is -2.32. The van der Waals surface area contributed by atoms with Gasteiger partial charge in [-0.3, -0.25) is 9.20 Å². The molecule has 2 aromatic heterocycles. The summed E-state index contributed by atoms with van der Waals surface area (Å²) in [7, 11) is 0. The second-order valence-corrected chi connectivity index (χ2v) is 6.67. The summed E-state index contributed by atoms with van der Waals surface area (Å²) in [6.45, 7) is 6.85. The zero-order valence-electron chi connectivity index (χ0n) is 12.2. The molecule has 0 aliphatic carbocycles. The minimum Gasteiger partial charge on any atom is -0.364 e. The number of halogens is 1. The van der Waals surface area contributed by atoms with E-state index in [-0.39, 0.29) is 17.8 Å². The monoisotopic (exact) mass is 352 g/mol. The fourth-order valence-corrected chi connectivity index (χ4v) is 3.34. The van der Waals surface area contributed by atoms with Gasteiger partial charge in [0.25, 0.3) is 5.56 Å². The lowest BCUT2D eigenvalue weighted by atomic mass is 10.2. The number of nitrogens with one attached hydrogen (secondary N) is 1. The van der Waals surface area contributed by atoms with Crippen LogP contribution in [0.4, 0.5) is 0 Å². The van der Waals surface area contributed by atoms with Crippen molar-refractivity contribution in [2.45, 2.75) is 32.6 Å². The Morgan fingerprint density at radius 2 is 2.10 bits per heavy atom. The summed E-state index contributed by atoms with van der Waals surface area (Å²) < 4.78 is 8.18. The maximum Gasteiger partial charge on any atom is 0.258 e. The fraction of sp³-hybridized carbons (Fsp3) is 0.467. The maximum atomic E-state index is 12.2. The third-order valence-electron chi connectivity index (χ3n) is 3.72. The van der Waals surface area contributed by atoms with E-state index in [9.17, 15) is 4.79 Å². The van der Waals surface area contributed by atoms with Crippen molar-refractivity contribution in [3.05, 3.63) is 44.9 Å². The highest BCUT2D eigenvalue weighted by molar-refractivity contribution is 9.10. The topological polar surface area (TPSA) is 48.0 Å². The van der Waals surface area contributed by atoms with E-state index in [1.807, 2.05) is 12.1 Å². The SMILES string of the molecule is C[C@@H]1C[NH+](Cc2cc(=O)n3cc(Br)ccc3n2)C[C@H](C)O1. The Morgan fingerprint density at radius 3 is 2.81 bits per heavy atom. The number of aromatic nitrogens is 2. The first-order valence-corrected chi connectivity index (χ1v) is 7.97. The van der Waals surface area contributed by atoms with Gasteiger partial charge in [0.2, 0.25) is 0 Å². The van der Waals surface area contributed by atoms with E-state index in [0.717, 1.165) is 29.8 Å². The van der Waals surface area contributed by atoms with Crippen LogP contribution in [0.1, 0.15) is 19.5 Å². The van der Waals surface area contributed by atoms with E-state index in [1.165, 1.54) is 4.90 Å². The summed E-state index contributed by atoms with van der Waals surface area (Å²) >= 11 is 3.37. The maximum absolute atomic E-state index is 12.2. The smallest absolute Gasteiger partial charge is 0.258 e. The summed E-state index contributed by atoms with van der Waals surface area (Å²) in [4.78, 5) is 18.2. The summed E-state index contributed by atoms with van der Waals surface area (Å²) in [6.07, 6.45) is 2.25. The lowest BCUT2D eigenvalue weighted by Crippen LogP contribution is -3.14. The third kappa shape index (κ3) is 3.33. The minimum absolute atomic E-state index is 0.0370. The number of nitrogens with zero attached hydrogens (tertiary/aromatic N) is 2. The van der Waals surface area contributed by atoms with E-state index < -0.39 is 0 Å². The Balaban J connectivity index is 1.87. The number of fused-ring (bicyclic) bond motifs is 1. The molecule has 1 saturated heterocycles. The van der Waals surface area contributed by atoms with Crippen LogP contribution < -0.4 is 10.5 Å². The van der Waals surface area contributed by atoms with Crippen molar-refractivity contribution in [3.8, 4) is 0 Å². The van der Waals surface area contributed by atoms with Gasteiger partial charge < -0.3 is 9.64 Å². The van der Waals surface area contributed by atoms with Gasteiger partial charge in [0.1, 0.15) is 43.2 Å². The molecule has 2 aromatic rings. The Morgan fingerprint density at radius 1 is 1.38 bits per heavy atom. The van der Waals surface area contributed by atoms with Gasteiger partial charge in [-0.25, -0.2) is 4.98 Å². The summed E-state index contributed by atoms with van der Waals surface area (Å²) in [5, 5.41) is 0. The van der Waals surface area contributed by atoms with Crippen molar-refractivity contribution in [1.29, 1.82) is 0 Å². The molecule has 1 aliphatic heterocycles. The molecule has 3 rings (SSSR count). The first-order valence-electron chi connectivity index (χ1n) is 7.18. The molecule has 1 aliphatic rings. The quantitative estimate of drug-likeness (QED) is 0.863. The Labute approximate surface area is 131 Å². The minimum atomic E-state index is -0.0370. The average molecular weight is 353 g/mol. The second kappa shape index (κ2) is 5.87. The number of ether oxygens (including phenoxy) is 1.